The fraction of sp³-hybridized carbons (Fsp3) is 1.00. The lowest BCUT2D eigenvalue weighted by Gasteiger charge is -2.46. The van der Waals surface area contributed by atoms with E-state index >= 15 is 0 Å². The highest BCUT2D eigenvalue weighted by Crippen LogP contribution is 2.35. The maximum atomic E-state index is 5.38. The van der Waals surface area contributed by atoms with Crippen molar-refractivity contribution in [2.45, 2.75) is 51.7 Å². The van der Waals surface area contributed by atoms with E-state index < -0.39 is 0 Å². The number of likely N-dealkylation sites (tertiary alicyclic amines) is 1. The monoisotopic (exact) mass is 269 g/mol. The van der Waals surface area contributed by atoms with Crippen LogP contribution >= 0.6 is 0 Å². The van der Waals surface area contributed by atoms with E-state index in [0.717, 1.165) is 30.4 Å². The zero-order chi connectivity index (χ0) is 13.8. The minimum absolute atomic E-state index is 0.539. The fourth-order valence-corrected chi connectivity index (χ4v) is 3.81. The Morgan fingerprint density at radius 3 is 2.53 bits per heavy atom. The number of hydrogen-bond donors (Lipinski definition) is 0. The Hall–Kier alpha value is -0.120. The molecule has 0 spiro atoms. The summed E-state index contributed by atoms with van der Waals surface area (Å²) in [5, 5.41) is 0. The summed E-state index contributed by atoms with van der Waals surface area (Å²) in [6.07, 6.45) is 5.64. The van der Waals surface area contributed by atoms with Crippen molar-refractivity contribution in [1.29, 1.82) is 0 Å². The molecule has 2 rings (SSSR count). The first kappa shape index (κ1) is 15.3. The molecule has 1 aliphatic carbocycles. The molecule has 0 N–H and O–H groups in total. The van der Waals surface area contributed by atoms with Gasteiger partial charge in [0.2, 0.25) is 0 Å². The Labute approximate surface area is 118 Å². The van der Waals surface area contributed by atoms with E-state index in [-0.39, 0.29) is 0 Å². The Morgan fingerprint density at radius 1 is 1.16 bits per heavy atom. The van der Waals surface area contributed by atoms with Crippen LogP contribution in [0.1, 0.15) is 39.5 Å². The molecule has 0 unspecified atom stereocenters. The molecule has 0 radical (unpaired) electrons. The van der Waals surface area contributed by atoms with E-state index in [2.05, 4.69) is 18.7 Å². The number of nitrogens with zero attached hydrogens (tertiary/aromatic N) is 1. The van der Waals surface area contributed by atoms with E-state index in [1.54, 1.807) is 0 Å². The summed E-state index contributed by atoms with van der Waals surface area (Å²) < 4.78 is 10.6. The van der Waals surface area contributed by atoms with Crippen LogP contribution in [0.25, 0.3) is 0 Å². The van der Waals surface area contributed by atoms with Crippen molar-refractivity contribution < 1.29 is 9.47 Å². The molecular formula is C16H31NO2. The van der Waals surface area contributed by atoms with Gasteiger partial charge in [-0.25, -0.2) is 0 Å². The van der Waals surface area contributed by atoms with Crippen LogP contribution in [0.4, 0.5) is 0 Å². The Kier molecular flexibility index (Phi) is 5.67. The van der Waals surface area contributed by atoms with Gasteiger partial charge in [-0.15, -0.1) is 0 Å². The van der Waals surface area contributed by atoms with Crippen LogP contribution in [-0.4, -0.2) is 51.0 Å². The predicted molar refractivity (Wildman–Crippen MR) is 78.3 cm³/mol. The zero-order valence-corrected chi connectivity index (χ0v) is 13.1. The SMILES string of the molecule is COCC[C@H]1CCN(C[C@H]2C[C@H](OC)C2)[C@@H](C)[C@H]1C. The Bertz CT molecular complexity index is 265. The second-order valence-electron chi connectivity index (χ2n) is 6.62. The second-order valence-corrected chi connectivity index (χ2v) is 6.62. The van der Waals surface area contributed by atoms with Gasteiger partial charge in [-0.1, -0.05) is 6.92 Å². The van der Waals surface area contributed by atoms with Crippen LogP contribution in [-0.2, 0) is 9.47 Å². The quantitative estimate of drug-likeness (QED) is 0.740. The third-order valence-electron chi connectivity index (χ3n) is 5.58. The first-order valence-corrected chi connectivity index (χ1v) is 7.91. The number of piperidine rings is 1. The molecule has 1 saturated heterocycles. The van der Waals surface area contributed by atoms with Gasteiger partial charge in [0, 0.05) is 33.4 Å². The van der Waals surface area contributed by atoms with Crippen LogP contribution in [0.15, 0.2) is 0 Å². The highest BCUT2D eigenvalue weighted by Gasteiger charge is 2.36. The standard InChI is InChI=1S/C16H31NO2/c1-12-13(2)17(7-5-15(12)6-8-18-3)11-14-9-16(10-14)19-4/h12-16H,5-11H2,1-4H3/t12-,13+,14-,15-,16-/m1/s1. The summed E-state index contributed by atoms with van der Waals surface area (Å²) in [6.45, 7) is 8.31. The lowest BCUT2D eigenvalue weighted by atomic mass is 9.77. The van der Waals surface area contributed by atoms with E-state index in [9.17, 15) is 0 Å². The molecule has 112 valence electrons. The van der Waals surface area contributed by atoms with E-state index in [1.807, 2.05) is 14.2 Å². The number of methoxy groups -OCH3 is 2. The maximum Gasteiger partial charge on any atom is 0.0577 e. The second kappa shape index (κ2) is 7.05. The summed E-state index contributed by atoms with van der Waals surface area (Å²) in [6, 6.07) is 0.720. The van der Waals surface area contributed by atoms with E-state index in [0.29, 0.717) is 6.10 Å². The molecule has 0 aromatic heterocycles. The smallest absolute Gasteiger partial charge is 0.0577 e. The van der Waals surface area contributed by atoms with Crippen molar-refractivity contribution in [3.8, 4) is 0 Å². The molecule has 3 atom stereocenters. The van der Waals surface area contributed by atoms with Gasteiger partial charge in [-0.3, -0.25) is 0 Å². The van der Waals surface area contributed by atoms with Crippen molar-refractivity contribution in [3.05, 3.63) is 0 Å². The zero-order valence-electron chi connectivity index (χ0n) is 13.1. The van der Waals surface area contributed by atoms with Gasteiger partial charge in [0.15, 0.2) is 0 Å². The van der Waals surface area contributed by atoms with Crippen LogP contribution in [0.3, 0.4) is 0 Å². The maximum absolute atomic E-state index is 5.38. The predicted octanol–water partition coefficient (Wildman–Crippen LogP) is 2.79. The van der Waals surface area contributed by atoms with E-state index in [1.165, 1.54) is 38.8 Å². The topological polar surface area (TPSA) is 21.7 Å². The summed E-state index contributed by atoms with van der Waals surface area (Å²) in [5.41, 5.74) is 0. The summed E-state index contributed by atoms with van der Waals surface area (Å²) in [7, 11) is 3.65. The summed E-state index contributed by atoms with van der Waals surface area (Å²) in [4.78, 5) is 2.71. The highest BCUT2D eigenvalue weighted by atomic mass is 16.5. The number of hydrogen-bond acceptors (Lipinski definition) is 3. The Morgan fingerprint density at radius 2 is 1.89 bits per heavy atom. The van der Waals surface area contributed by atoms with Gasteiger partial charge in [0.05, 0.1) is 6.10 Å². The van der Waals surface area contributed by atoms with Crippen molar-refractivity contribution in [1.82, 2.24) is 4.90 Å². The summed E-state index contributed by atoms with van der Waals surface area (Å²) in [5.74, 6) is 2.51. The largest absolute Gasteiger partial charge is 0.385 e. The van der Waals surface area contributed by atoms with Crippen molar-refractivity contribution in [3.63, 3.8) is 0 Å². The Balaban J connectivity index is 1.75. The van der Waals surface area contributed by atoms with Crippen molar-refractivity contribution in [2.24, 2.45) is 17.8 Å². The van der Waals surface area contributed by atoms with Crippen LogP contribution in [0, 0.1) is 17.8 Å². The lowest BCUT2D eigenvalue weighted by molar-refractivity contribution is -0.0303. The minimum atomic E-state index is 0.539. The third-order valence-corrected chi connectivity index (χ3v) is 5.58. The van der Waals surface area contributed by atoms with Gasteiger partial charge < -0.3 is 14.4 Å². The molecule has 2 fully saturated rings. The molecule has 1 saturated carbocycles. The van der Waals surface area contributed by atoms with Crippen LogP contribution in [0.5, 0.6) is 0 Å². The van der Waals surface area contributed by atoms with Gasteiger partial charge in [0.25, 0.3) is 0 Å². The van der Waals surface area contributed by atoms with Gasteiger partial charge in [-0.05, 0) is 56.9 Å². The normalized spacial score (nSPS) is 40.1. The average Bonchev–Trinajstić information content (AvgIpc) is 2.37. The van der Waals surface area contributed by atoms with Gasteiger partial charge in [0.1, 0.15) is 0 Å². The van der Waals surface area contributed by atoms with E-state index in [4.69, 9.17) is 9.47 Å². The molecule has 0 aromatic carbocycles. The molecule has 0 amide bonds. The number of ether oxygens (including phenoxy) is 2. The van der Waals surface area contributed by atoms with Gasteiger partial charge >= 0.3 is 0 Å². The molecule has 3 heteroatoms. The fourth-order valence-electron chi connectivity index (χ4n) is 3.81. The molecule has 1 aliphatic heterocycles. The molecule has 0 bridgehead atoms. The van der Waals surface area contributed by atoms with Gasteiger partial charge in [-0.2, -0.15) is 0 Å². The lowest BCUT2D eigenvalue weighted by Crippen LogP contribution is -2.50. The summed E-state index contributed by atoms with van der Waals surface area (Å²) >= 11 is 0. The molecule has 19 heavy (non-hydrogen) atoms. The third kappa shape index (κ3) is 3.71. The molecule has 3 nitrogen and oxygen atoms in total. The molecule has 1 heterocycles. The van der Waals surface area contributed by atoms with Crippen LogP contribution in [0.2, 0.25) is 0 Å². The first-order valence-electron chi connectivity index (χ1n) is 7.91. The first-order chi connectivity index (χ1) is 9.15. The minimum Gasteiger partial charge on any atom is -0.385 e. The molecule has 0 aromatic rings. The molecular weight excluding hydrogens is 238 g/mol. The van der Waals surface area contributed by atoms with Crippen molar-refractivity contribution in [2.75, 3.05) is 33.9 Å². The average molecular weight is 269 g/mol. The molecule has 2 aliphatic rings. The highest BCUT2D eigenvalue weighted by molar-refractivity contribution is 4.89. The van der Waals surface area contributed by atoms with Crippen LogP contribution < -0.4 is 0 Å². The number of rotatable bonds is 6. The van der Waals surface area contributed by atoms with Crippen molar-refractivity contribution >= 4 is 0 Å².